The van der Waals surface area contributed by atoms with E-state index >= 15 is 0 Å². The van der Waals surface area contributed by atoms with Crippen molar-refractivity contribution >= 4 is 48.1 Å². The molecule has 6 aromatic carbocycles. The molecule has 0 spiro atoms. The molecule has 210 valence electrons. The average molecular weight is 683 g/mol. The van der Waals surface area contributed by atoms with E-state index in [9.17, 15) is 0 Å². The molecule has 0 amide bonds. The number of hydrogen-bond acceptors (Lipinski definition) is 0. The van der Waals surface area contributed by atoms with Crippen LogP contribution < -0.4 is 0 Å². The molecular formula is C38H36Cl2SiZr. The van der Waals surface area contributed by atoms with E-state index in [0.29, 0.717) is 0 Å². The number of benzene rings is 5. The molecule has 6 aromatic rings. The van der Waals surface area contributed by atoms with Gasteiger partial charge in [0.1, 0.15) is 0 Å². The maximum Gasteiger partial charge on any atom is -0.0253 e. The molecule has 42 heavy (non-hydrogen) atoms. The van der Waals surface area contributed by atoms with Gasteiger partial charge in [-0.15, -0.1) is 40.1 Å². The van der Waals surface area contributed by atoms with Gasteiger partial charge in [-0.2, -0.15) is 35.9 Å². The summed E-state index contributed by atoms with van der Waals surface area (Å²) < 4.78 is 0. The number of fused-ring (bicyclic) bond motifs is 5. The maximum absolute atomic E-state index is 4.93. The summed E-state index contributed by atoms with van der Waals surface area (Å²) in [5.74, 6) is 0. The Hall–Kier alpha value is -2.35. The molecule has 0 aliphatic heterocycles. The molecule has 0 saturated carbocycles. The fourth-order valence-electron chi connectivity index (χ4n) is 5.68. The smallest absolute Gasteiger partial charge is 0.0253 e. The number of hydrogen-bond donors (Lipinski definition) is 0. The van der Waals surface area contributed by atoms with E-state index in [2.05, 4.69) is 136 Å². The van der Waals surface area contributed by atoms with E-state index in [-0.39, 0.29) is 0 Å². The Bertz CT molecular complexity index is 1690. The molecular weight excluding hydrogens is 647 g/mol. The van der Waals surface area contributed by atoms with Crippen molar-refractivity contribution in [3.8, 4) is 22.3 Å². The first-order chi connectivity index (χ1) is 20.6. The molecule has 7 rings (SSSR count). The van der Waals surface area contributed by atoms with Crippen molar-refractivity contribution in [3.05, 3.63) is 138 Å². The van der Waals surface area contributed by atoms with Gasteiger partial charge in [0.2, 0.25) is 0 Å². The van der Waals surface area contributed by atoms with E-state index in [4.69, 9.17) is 17.0 Å². The summed E-state index contributed by atoms with van der Waals surface area (Å²) in [7, 11) is 11.0. The Kier molecular flexibility index (Phi) is 12.8. The zero-order valence-corrected chi connectivity index (χ0v) is 29.7. The Labute approximate surface area is 273 Å². The summed E-state index contributed by atoms with van der Waals surface area (Å²) in [5.41, 5.74) is 11.0. The second-order valence-electron chi connectivity index (χ2n) is 10.4. The van der Waals surface area contributed by atoms with Crippen LogP contribution in [0, 0.1) is 13.0 Å². The predicted molar refractivity (Wildman–Crippen MR) is 184 cm³/mol. The van der Waals surface area contributed by atoms with E-state index < -0.39 is 20.8 Å². The zero-order valence-electron chi connectivity index (χ0n) is 24.8. The monoisotopic (exact) mass is 680 g/mol. The molecule has 0 N–H and O–H groups in total. The minimum absolute atomic E-state index is 0.826. The van der Waals surface area contributed by atoms with Gasteiger partial charge >= 0.3 is 37.9 Å². The van der Waals surface area contributed by atoms with Crippen molar-refractivity contribution in [2.24, 2.45) is 0 Å². The first kappa shape index (κ1) is 32.6. The summed E-state index contributed by atoms with van der Waals surface area (Å²) in [6, 6.07) is 42.7. The predicted octanol–water partition coefficient (Wildman–Crippen LogP) is 11.9. The minimum Gasteiger partial charge on any atom is -0.179 e. The molecule has 1 aliphatic rings. The van der Waals surface area contributed by atoms with Gasteiger partial charge in [-0.3, -0.25) is 0 Å². The van der Waals surface area contributed by atoms with Gasteiger partial charge in [0.15, 0.2) is 0 Å². The van der Waals surface area contributed by atoms with Crippen LogP contribution in [-0.4, -0.2) is 9.52 Å². The second kappa shape index (κ2) is 16.5. The Morgan fingerprint density at radius 1 is 0.810 bits per heavy atom. The second-order valence-corrected chi connectivity index (χ2v) is 15.1. The van der Waals surface area contributed by atoms with Crippen LogP contribution in [0.3, 0.4) is 0 Å². The summed E-state index contributed by atoms with van der Waals surface area (Å²) >= 11 is -0.826. The minimum atomic E-state index is -0.826. The van der Waals surface area contributed by atoms with E-state index in [0.717, 1.165) is 22.4 Å². The van der Waals surface area contributed by atoms with Crippen LogP contribution in [0.25, 0.3) is 43.8 Å². The maximum atomic E-state index is 4.93. The molecule has 4 heteroatoms. The topological polar surface area (TPSA) is 0 Å². The Balaban J connectivity index is 0.000000179. The third kappa shape index (κ3) is 7.78. The normalized spacial score (nSPS) is 10.7. The van der Waals surface area contributed by atoms with Crippen LogP contribution in [0.5, 0.6) is 0 Å². The van der Waals surface area contributed by atoms with E-state index in [1.165, 1.54) is 72.5 Å². The Morgan fingerprint density at radius 3 is 2.29 bits per heavy atom. The third-order valence-corrected chi connectivity index (χ3v) is 7.37. The largest absolute Gasteiger partial charge is 0.179 e. The Morgan fingerprint density at radius 2 is 1.50 bits per heavy atom. The molecule has 0 atom stereocenters. The van der Waals surface area contributed by atoms with Crippen LogP contribution in [0.2, 0.25) is 13.1 Å². The summed E-state index contributed by atoms with van der Waals surface area (Å²) in [4.78, 5) is 0. The van der Waals surface area contributed by atoms with Gasteiger partial charge in [-0.1, -0.05) is 110 Å². The quantitative estimate of drug-likeness (QED) is 0.129. The molecule has 0 heterocycles. The molecule has 0 fully saturated rings. The van der Waals surface area contributed by atoms with E-state index in [1.54, 1.807) is 0 Å². The molecule has 1 aliphatic carbocycles. The van der Waals surface area contributed by atoms with Crippen molar-refractivity contribution in [3.63, 3.8) is 0 Å². The first-order valence-electron chi connectivity index (χ1n) is 14.4. The van der Waals surface area contributed by atoms with Gasteiger partial charge in [-0.25, -0.2) is 0 Å². The van der Waals surface area contributed by atoms with Crippen LogP contribution in [0.15, 0.2) is 109 Å². The van der Waals surface area contributed by atoms with Crippen LogP contribution in [-0.2, 0) is 33.7 Å². The molecule has 0 bridgehead atoms. The summed E-state index contributed by atoms with van der Waals surface area (Å²) in [5, 5.41) is 5.40. The van der Waals surface area contributed by atoms with Crippen molar-refractivity contribution in [1.82, 2.24) is 0 Å². The van der Waals surface area contributed by atoms with Crippen LogP contribution >= 0.6 is 17.0 Å². The zero-order chi connectivity index (χ0) is 29.9. The van der Waals surface area contributed by atoms with Gasteiger partial charge in [0.05, 0.1) is 0 Å². The van der Waals surface area contributed by atoms with Gasteiger partial charge in [0, 0.05) is 9.52 Å². The standard InChI is InChI=1S/C23H21.C13H9.C2H6Si.2ClH.Zr/c1-3-7-17-14-19-9-6-11-21(22(19)15-17)23-16(2)12-13-18-8-4-5-10-20(18)23;1-3-7-12-10(5-1)9-11-6-2-4-8-13(11)12;1-3-2;;;/h4-6,8-15H,3,7H2,1-2H3;1-5,7-8H,9H2;1-2H3;2*1H;/q2*-1;;;;+4/p-2. The molecule has 0 saturated heterocycles. The van der Waals surface area contributed by atoms with Gasteiger partial charge in [-0.05, 0) is 41.7 Å². The molecule has 2 radical (unpaired) electrons. The van der Waals surface area contributed by atoms with Crippen molar-refractivity contribution in [2.75, 3.05) is 0 Å². The van der Waals surface area contributed by atoms with Crippen molar-refractivity contribution in [2.45, 2.75) is 46.2 Å². The molecule has 0 aromatic heterocycles. The number of halogens is 2. The average Bonchev–Trinajstić information content (AvgIpc) is 3.60. The van der Waals surface area contributed by atoms with Gasteiger partial charge in [0.25, 0.3) is 0 Å². The summed E-state index contributed by atoms with van der Waals surface area (Å²) in [6.07, 6.45) is 3.40. The van der Waals surface area contributed by atoms with Crippen molar-refractivity contribution < 1.29 is 20.8 Å². The molecule has 0 unspecified atom stereocenters. The number of rotatable bonds is 3. The first-order valence-corrected chi connectivity index (χ1v) is 22.7. The fourth-order valence-corrected chi connectivity index (χ4v) is 5.68. The third-order valence-electron chi connectivity index (χ3n) is 7.37. The van der Waals surface area contributed by atoms with Crippen LogP contribution in [0.4, 0.5) is 0 Å². The number of aryl methyl sites for hydroxylation is 2. The SMILES string of the molecule is CCCc1cc2c(-c3c(C)ccc4ccccc34)cccc2[cH-]1.C[Si]C.[Cl][Zr+2][Cl].[c-]1cccc2c1Cc1ccccc1-2. The van der Waals surface area contributed by atoms with Crippen molar-refractivity contribution in [1.29, 1.82) is 0 Å². The van der Waals surface area contributed by atoms with E-state index in [1.807, 2.05) is 6.07 Å². The van der Waals surface area contributed by atoms with Crippen LogP contribution in [0.1, 0.15) is 35.6 Å². The van der Waals surface area contributed by atoms with Gasteiger partial charge < -0.3 is 0 Å². The fraction of sp³-hybridized carbons (Fsp3) is 0.184. The summed E-state index contributed by atoms with van der Waals surface area (Å²) in [6.45, 7) is 8.77. The molecule has 0 nitrogen and oxygen atoms in total.